The lowest BCUT2D eigenvalue weighted by molar-refractivity contribution is -0.384. The van der Waals surface area contributed by atoms with Gasteiger partial charge in [-0.1, -0.05) is 48.0 Å². The van der Waals surface area contributed by atoms with Gasteiger partial charge in [-0.3, -0.25) is 19.7 Å². The molecule has 0 bridgehead atoms. The number of nitro benzene ring substituents is 1. The van der Waals surface area contributed by atoms with E-state index in [9.17, 15) is 19.7 Å². The summed E-state index contributed by atoms with van der Waals surface area (Å²) in [6, 6.07) is 18.1. The normalized spacial score (nSPS) is 12.0. The number of halogens is 1. The second-order valence-corrected chi connectivity index (χ2v) is 9.40. The molecule has 0 aliphatic rings. The van der Waals surface area contributed by atoms with Gasteiger partial charge >= 0.3 is 0 Å². The Morgan fingerprint density at radius 1 is 1.21 bits per heavy atom. The number of para-hydroxylation sites is 1. The van der Waals surface area contributed by atoms with Crippen LogP contribution in [0.2, 0.25) is 0 Å². The number of non-ortho nitro benzene ring substituents is 1. The third-order valence-electron chi connectivity index (χ3n) is 5.82. The highest BCUT2D eigenvalue weighted by molar-refractivity contribution is 9.10. The highest BCUT2D eigenvalue weighted by Crippen LogP contribution is 2.24. The number of nitrogens with one attached hydrogen (secondary N) is 1. The van der Waals surface area contributed by atoms with Crippen molar-refractivity contribution in [2.24, 2.45) is 5.10 Å². The van der Waals surface area contributed by atoms with Crippen molar-refractivity contribution >= 4 is 50.3 Å². The summed E-state index contributed by atoms with van der Waals surface area (Å²) in [5, 5.41) is 18.9. The van der Waals surface area contributed by atoms with Gasteiger partial charge in [0, 0.05) is 33.8 Å². The number of nitrogens with zero attached hydrogens (tertiary/aromatic N) is 4. The minimum absolute atomic E-state index is 0.0876. The van der Waals surface area contributed by atoms with Crippen LogP contribution in [0.4, 0.5) is 11.4 Å². The second-order valence-electron chi connectivity index (χ2n) is 8.48. The average molecular weight is 578 g/mol. The first kappa shape index (κ1) is 26.7. The predicted molar refractivity (Wildman–Crippen MR) is 149 cm³/mol. The third kappa shape index (κ3) is 6.12. The molecule has 1 amide bonds. The van der Waals surface area contributed by atoms with Crippen LogP contribution in [0.25, 0.3) is 10.9 Å². The van der Waals surface area contributed by atoms with Crippen molar-refractivity contribution < 1.29 is 14.5 Å². The molecular formula is C27H24BrN5O5. The molecule has 3 aromatic carbocycles. The molecule has 0 spiro atoms. The molecule has 0 aliphatic carbocycles. The largest absolute Gasteiger partial charge is 0.483 e. The average Bonchev–Trinajstić information content (AvgIpc) is 2.91. The van der Waals surface area contributed by atoms with E-state index >= 15 is 0 Å². The molecule has 4 rings (SSSR count). The Hall–Kier alpha value is -4.38. The minimum Gasteiger partial charge on any atom is -0.483 e. The van der Waals surface area contributed by atoms with Crippen molar-refractivity contribution in [2.75, 3.05) is 11.9 Å². The molecule has 1 N–H and O–H groups in total. The molecule has 0 aliphatic heterocycles. The van der Waals surface area contributed by atoms with E-state index in [4.69, 9.17) is 4.74 Å². The van der Waals surface area contributed by atoms with E-state index in [-0.39, 0.29) is 35.1 Å². The van der Waals surface area contributed by atoms with Gasteiger partial charge in [-0.25, -0.2) is 4.98 Å². The van der Waals surface area contributed by atoms with Crippen molar-refractivity contribution in [3.8, 4) is 5.75 Å². The summed E-state index contributed by atoms with van der Waals surface area (Å²) in [5.41, 5.74) is 0.811. The van der Waals surface area contributed by atoms with Gasteiger partial charge in [-0.15, -0.1) is 0 Å². The van der Waals surface area contributed by atoms with E-state index in [1.807, 2.05) is 26.0 Å². The zero-order valence-corrected chi connectivity index (χ0v) is 22.2. The van der Waals surface area contributed by atoms with Gasteiger partial charge in [0.25, 0.3) is 17.2 Å². The molecule has 0 radical (unpaired) electrons. The van der Waals surface area contributed by atoms with Gasteiger partial charge in [-0.05, 0) is 42.8 Å². The van der Waals surface area contributed by atoms with Crippen LogP contribution >= 0.6 is 15.9 Å². The van der Waals surface area contributed by atoms with E-state index in [1.165, 1.54) is 29.1 Å². The Morgan fingerprint density at radius 3 is 2.68 bits per heavy atom. The summed E-state index contributed by atoms with van der Waals surface area (Å²) >= 11 is 3.38. The molecule has 0 saturated carbocycles. The predicted octanol–water partition coefficient (Wildman–Crippen LogP) is 5.48. The van der Waals surface area contributed by atoms with E-state index in [1.54, 1.807) is 36.4 Å². The lowest BCUT2D eigenvalue weighted by atomic mass is 10.1. The van der Waals surface area contributed by atoms with Crippen molar-refractivity contribution in [3.63, 3.8) is 0 Å². The van der Waals surface area contributed by atoms with Gasteiger partial charge in [0.15, 0.2) is 6.61 Å². The van der Waals surface area contributed by atoms with Gasteiger partial charge < -0.3 is 10.1 Å². The second kappa shape index (κ2) is 11.8. The Labute approximate surface area is 226 Å². The number of carbonyl (C=O) groups excluding carboxylic acids is 1. The van der Waals surface area contributed by atoms with E-state index in [0.717, 1.165) is 4.47 Å². The van der Waals surface area contributed by atoms with Crippen molar-refractivity contribution in [1.29, 1.82) is 0 Å². The summed E-state index contributed by atoms with van der Waals surface area (Å²) in [5.74, 6) is 0.156. The van der Waals surface area contributed by atoms with Gasteiger partial charge in [0.2, 0.25) is 0 Å². The number of amides is 1. The fourth-order valence-electron chi connectivity index (χ4n) is 3.64. The zero-order chi connectivity index (χ0) is 27.2. The summed E-state index contributed by atoms with van der Waals surface area (Å²) < 4.78 is 7.60. The smallest absolute Gasteiger partial charge is 0.282 e. The molecule has 1 atom stereocenters. The molecule has 0 unspecified atom stereocenters. The van der Waals surface area contributed by atoms with Gasteiger partial charge in [0.1, 0.15) is 11.6 Å². The first-order chi connectivity index (χ1) is 18.3. The van der Waals surface area contributed by atoms with Crippen LogP contribution in [-0.2, 0) is 4.79 Å². The maximum atomic E-state index is 13.4. The number of nitro groups is 1. The van der Waals surface area contributed by atoms with Crippen LogP contribution in [0.1, 0.15) is 37.6 Å². The van der Waals surface area contributed by atoms with Crippen LogP contribution in [0.5, 0.6) is 5.75 Å². The summed E-state index contributed by atoms with van der Waals surface area (Å²) in [7, 11) is 0. The van der Waals surface area contributed by atoms with Crippen molar-refractivity contribution in [2.45, 2.75) is 26.2 Å². The fourth-order valence-corrected chi connectivity index (χ4v) is 4.00. The van der Waals surface area contributed by atoms with Gasteiger partial charge in [-0.2, -0.15) is 9.78 Å². The maximum Gasteiger partial charge on any atom is 0.282 e. The van der Waals surface area contributed by atoms with Crippen LogP contribution in [0.15, 0.2) is 81.1 Å². The molecule has 0 fully saturated rings. The number of anilines is 1. The monoisotopic (exact) mass is 577 g/mol. The van der Waals surface area contributed by atoms with Crippen LogP contribution in [0, 0.1) is 10.1 Å². The summed E-state index contributed by atoms with van der Waals surface area (Å²) in [6.07, 6.45) is 2.02. The lowest BCUT2D eigenvalue weighted by Crippen LogP contribution is -2.24. The number of carbonyl (C=O) groups is 1. The molecule has 11 heteroatoms. The number of ether oxygens (including phenoxy) is 1. The molecule has 1 heterocycles. The number of hydrogen-bond acceptors (Lipinski definition) is 7. The number of hydrogen-bond donors (Lipinski definition) is 1. The standard InChI is InChI=1S/C27H24BrN5O5/c1-3-17(2)26-31-23-11-9-19(28)14-22(23)27(35)32(26)29-15-18-13-21(33(36)37)10-12-24(18)38-16-25(34)30-20-7-5-4-6-8-20/h4-15,17H,3,16H2,1-2H3,(H,30,34)/t17-/m1/s1. The topological polar surface area (TPSA) is 129 Å². The highest BCUT2D eigenvalue weighted by atomic mass is 79.9. The minimum atomic E-state index is -0.547. The Bertz CT molecular complexity index is 1590. The van der Waals surface area contributed by atoms with E-state index < -0.39 is 10.8 Å². The van der Waals surface area contributed by atoms with Crippen LogP contribution < -0.4 is 15.6 Å². The van der Waals surface area contributed by atoms with Gasteiger partial charge in [0.05, 0.1) is 22.0 Å². The molecular weight excluding hydrogens is 554 g/mol. The number of fused-ring (bicyclic) bond motifs is 1. The van der Waals surface area contributed by atoms with E-state index in [0.29, 0.717) is 28.8 Å². The number of benzene rings is 3. The number of rotatable bonds is 9. The van der Waals surface area contributed by atoms with Crippen LogP contribution in [0.3, 0.4) is 0 Å². The fraction of sp³-hybridized carbons (Fsp3) is 0.185. The highest BCUT2D eigenvalue weighted by Gasteiger charge is 2.17. The lowest BCUT2D eigenvalue weighted by Gasteiger charge is -2.14. The molecule has 38 heavy (non-hydrogen) atoms. The first-order valence-electron chi connectivity index (χ1n) is 11.8. The van der Waals surface area contributed by atoms with E-state index in [2.05, 4.69) is 31.3 Å². The zero-order valence-electron chi connectivity index (χ0n) is 20.6. The molecule has 4 aromatic rings. The quantitative estimate of drug-likeness (QED) is 0.159. The third-order valence-corrected chi connectivity index (χ3v) is 6.31. The number of aromatic nitrogens is 2. The Kier molecular flexibility index (Phi) is 8.27. The molecule has 1 aromatic heterocycles. The molecule has 10 nitrogen and oxygen atoms in total. The SMILES string of the molecule is CC[C@@H](C)c1nc2ccc(Br)cc2c(=O)n1N=Cc1cc([N+](=O)[O-])ccc1OCC(=O)Nc1ccccc1. The molecule has 194 valence electrons. The Balaban J connectivity index is 1.70. The first-order valence-corrected chi connectivity index (χ1v) is 12.6. The summed E-state index contributed by atoms with van der Waals surface area (Å²) in [4.78, 5) is 41.3. The maximum absolute atomic E-state index is 13.4. The van der Waals surface area contributed by atoms with Crippen molar-refractivity contribution in [3.05, 3.63) is 103 Å². The van der Waals surface area contributed by atoms with Crippen molar-refractivity contribution in [1.82, 2.24) is 9.66 Å². The van der Waals surface area contributed by atoms with Crippen LogP contribution in [-0.4, -0.2) is 33.3 Å². The Morgan fingerprint density at radius 2 is 1.97 bits per heavy atom. The summed E-state index contributed by atoms with van der Waals surface area (Å²) in [6.45, 7) is 3.58. The molecule has 0 saturated heterocycles.